The van der Waals surface area contributed by atoms with Crippen LogP contribution in [0.4, 0.5) is 13.2 Å². The van der Waals surface area contributed by atoms with Crippen molar-refractivity contribution in [3.05, 3.63) is 29.3 Å². The van der Waals surface area contributed by atoms with E-state index < -0.39 is 11.7 Å². The number of alkyl halides is 3. The van der Waals surface area contributed by atoms with Crippen LogP contribution in [0.5, 0.6) is 5.75 Å². The predicted octanol–water partition coefficient (Wildman–Crippen LogP) is 2.32. The van der Waals surface area contributed by atoms with E-state index in [1.165, 1.54) is 12.1 Å². The minimum absolute atomic E-state index is 0.0285. The minimum Gasteiger partial charge on any atom is -0.488 e. The lowest BCUT2D eigenvalue weighted by molar-refractivity contribution is -0.139. The van der Waals surface area contributed by atoms with E-state index in [0.29, 0.717) is 13.0 Å². The molecule has 0 spiro atoms. The Kier molecular flexibility index (Phi) is 3.43. The van der Waals surface area contributed by atoms with E-state index in [-0.39, 0.29) is 17.4 Å². The first-order valence-electron chi connectivity index (χ1n) is 5.49. The lowest BCUT2D eigenvalue weighted by Crippen LogP contribution is -2.21. The molecule has 0 radical (unpaired) electrons. The van der Waals surface area contributed by atoms with Crippen LogP contribution in [0.25, 0.3) is 0 Å². The van der Waals surface area contributed by atoms with Gasteiger partial charge in [0, 0.05) is 6.54 Å². The van der Waals surface area contributed by atoms with Crippen LogP contribution in [-0.4, -0.2) is 19.2 Å². The Balaban J connectivity index is 2.30. The maximum atomic E-state index is 12.8. The zero-order valence-electron chi connectivity index (χ0n) is 9.42. The van der Waals surface area contributed by atoms with Crippen molar-refractivity contribution < 1.29 is 17.9 Å². The van der Waals surface area contributed by atoms with Gasteiger partial charge in [0.2, 0.25) is 0 Å². The quantitative estimate of drug-likeness (QED) is 0.883. The van der Waals surface area contributed by atoms with E-state index in [2.05, 4.69) is 5.32 Å². The number of nitrogens with one attached hydrogen (secondary N) is 1. The summed E-state index contributed by atoms with van der Waals surface area (Å²) in [7, 11) is 0. The van der Waals surface area contributed by atoms with Crippen LogP contribution < -0.4 is 10.1 Å². The molecule has 0 aliphatic carbocycles. The molecule has 1 aliphatic heterocycles. The van der Waals surface area contributed by atoms with Gasteiger partial charge in [0.05, 0.1) is 17.2 Å². The lowest BCUT2D eigenvalue weighted by atomic mass is 10.1. The Labute approximate surface area is 102 Å². The molecule has 3 nitrogen and oxygen atoms in total. The second-order valence-corrected chi connectivity index (χ2v) is 4.05. The third-order valence-electron chi connectivity index (χ3n) is 2.72. The number of nitrogens with zero attached hydrogens (tertiary/aromatic N) is 1. The summed E-state index contributed by atoms with van der Waals surface area (Å²) in [4.78, 5) is 0. The molecule has 1 unspecified atom stereocenters. The van der Waals surface area contributed by atoms with Gasteiger partial charge in [0.15, 0.2) is 0 Å². The summed E-state index contributed by atoms with van der Waals surface area (Å²) in [5.74, 6) is -0.213. The Morgan fingerprint density at radius 3 is 2.72 bits per heavy atom. The van der Waals surface area contributed by atoms with E-state index in [4.69, 9.17) is 10.00 Å². The molecule has 0 saturated carbocycles. The highest BCUT2D eigenvalue weighted by Crippen LogP contribution is 2.37. The van der Waals surface area contributed by atoms with Crippen molar-refractivity contribution in [2.24, 2.45) is 0 Å². The van der Waals surface area contributed by atoms with Crippen LogP contribution in [0, 0.1) is 11.3 Å². The number of rotatable bonds is 2. The molecule has 1 N–H and O–H groups in total. The van der Waals surface area contributed by atoms with Crippen LogP contribution in [0.2, 0.25) is 0 Å². The van der Waals surface area contributed by atoms with Crippen LogP contribution in [0.1, 0.15) is 17.5 Å². The van der Waals surface area contributed by atoms with Gasteiger partial charge in [-0.2, -0.15) is 18.4 Å². The Hall–Kier alpha value is -1.74. The third-order valence-corrected chi connectivity index (χ3v) is 2.72. The molecule has 1 heterocycles. The normalized spacial score (nSPS) is 19.6. The Morgan fingerprint density at radius 1 is 1.39 bits per heavy atom. The molecule has 2 rings (SSSR count). The molecule has 96 valence electrons. The molecule has 6 heteroatoms. The van der Waals surface area contributed by atoms with Gasteiger partial charge in [0.25, 0.3) is 0 Å². The molecule has 18 heavy (non-hydrogen) atoms. The summed E-state index contributed by atoms with van der Waals surface area (Å²) in [5.41, 5.74) is -0.923. The summed E-state index contributed by atoms with van der Waals surface area (Å²) < 4.78 is 43.8. The summed E-state index contributed by atoms with van der Waals surface area (Å²) in [6.45, 7) is 1.28. The van der Waals surface area contributed by atoms with Crippen molar-refractivity contribution in [1.82, 2.24) is 5.32 Å². The first-order valence-corrected chi connectivity index (χ1v) is 5.49. The number of hydrogen-bond acceptors (Lipinski definition) is 3. The van der Waals surface area contributed by atoms with Crippen LogP contribution in [0.3, 0.4) is 0 Å². The van der Waals surface area contributed by atoms with Crippen molar-refractivity contribution in [2.75, 3.05) is 13.1 Å². The number of benzene rings is 1. The van der Waals surface area contributed by atoms with Crippen molar-refractivity contribution in [3.8, 4) is 11.8 Å². The monoisotopic (exact) mass is 256 g/mol. The maximum absolute atomic E-state index is 12.8. The summed E-state index contributed by atoms with van der Waals surface area (Å²) in [5, 5.41) is 11.6. The van der Waals surface area contributed by atoms with Gasteiger partial charge in [-0.3, -0.25) is 0 Å². The van der Waals surface area contributed by atoms with Gasteiger partial charge in [-0.25, -0.2) is 0 Å². The van der Waals surface area contributed by atoms with Gasteiger partial charge in [0.1, 0.15) is 11.9 Å². The van der Waals surface area contributed by atoms with Gasteiger partial charge in [-0.1, -0.05) is 0 Å². The fraction of sp³-hybridized carbons (Fsp3) is 0.417. The van der Waals surface area contributed by atoms with Crippen LogP contribution in [-0.2, 0) is 6.18 Å². The molecule has 0 amide bonds. The molecule has 0 bridgehead atoms. The van der Waals surface area contributed by atoms with E-state index in [1.807, 2.05) is 0 Å². The SMILES string of the molecule is N#Cc1ccc(OC2CCNC2)c(C(F)(F)F)c1. The molecule has 0 aromatic heterocycles. The molecule has 1 saturated heterocycles. The zero-order valence-corrected chi connectivity index (χ0v) is 9.42. The van der Waals surface area contributed by atoms with E-state index >= 15 is 0 Å². The standard InChI is InChI=1S/C12H11F3N2O/c13-12(14,15)10-5-8(6-16)1-2-11(10)18-9-3-4-17-7-9/h1-2,5,9,17H,3-4,7H2. The van der Waals surface area contributed by atoms with Gasteiger partial charge in [-0.15, -0.1) is 0 Å². The van der Waals surface area contributed by atoms with Crippen molar-refractivity contribution in [2.45, 2.75) is 18.7 Å². The predicted molar refractivity (Wildman–Crippen MR) is 58.1 cm³/mol. The highest BCUT2D eigenvalue weighted by atomic mass is 19.4. The number of ether oxygens (including phenoxy) is 1. The largest absolute Gasteiger partial charge is 0.488 e. The molecule has 1 aromatic carbocycles. The molecule has 1 aromatic rings. The minimum atomic E-state index is -4.52. The summed E-state index contributed by atoms with van der Waals surface area (Å²) >= 11 is 0. The van der Waals surface area contributed by atoms with Gasteiger partial charge >= 0.3 is 6.18 Å². The smallest absolute Gasteiger partial charge is 0.420 e. The second kappa shape index (κ2) is 4.86. The highest BCUT2D eigenvalue weighted by Gasteiger charge is 2.35. The Bertz CT molecular complexity index is 473. The first-order chi connectivity index (χ1) is 8.50. The highest BCUT2D eigenvalue weighted by molar-refractivity contribution is 5.43. The lowest BCUT2D eigenvalue weighted by Gasteiger charge is -2.17. The van der Waals surface area contributed by atoms with E-state index in [0.717, 1.165) is 12.6 Å². The molecular weight excluding hydrogens is 245 g/mol. The fourth-order valence-electron chi connectivity index (χ4n) is 1.83. The topological polar surface area (TPSA) is 45.0 Å². The van der Waals surface area contributed by atoms with Crippen molar-refractivity contribution in [1.29, 1.82) is 5.26 Å². The zero-order chi connectivity index (χ0) is 13.2. The number of nitriles is 1. The fourth-order valence-corrected chi connectivity index (χ4v) is 1.83. The summed E-state index contributed by atoms with van der Waals surface area (Å²) in [6.07, 6.45) is -4.09. The van der Waals surface area contributed by atoms with Crippen LogP contribution >= 0.6 is 0 Å². The first kappa shape index (κ1) is 12.7. The summed E-state index contributed by atoms with van der Waals surface area (Å²) in [6, 6.07) is 5.04. The third kappa shape index (κ3) is 2.74. The van der Waals surface area contributed by atoms with E-state index in [1.54, 1.807) is 6.07 Å². The maximum Gasteiger partial charge on any atom is 0.420 e. The van der Waals surface area contributed by atoms with Gasteiger partial charge in [-0.05, 0) is 31.2 Å². The molecular formula is C12H11F3N2O. The number of hydrogen-bond donors (Lipinski definition) is 1. The van der Waals surface area contributed by atoms with E-state index in [9.17, 15) is 13.2 Å². The van der Waals surface area contributed by atoms with Gasteiger partial charge < -0.3 is 10.1 Å². The van der Waals surface area contributed by atoms with Crippen molar-refractivity contribution in [3.63, 3.8) is 0 Å². The Morgan fingerprint density at radius 2 is 2.17 bits per heavy atom. The van der Waals surface area contributed by atoms with Crippen molar-refractivity contribution >= 4 is 0 Å². The molecule has 1 atom stereocenters. The second-order valence-electron chi connectivity index (χ2n) is 4.05. The average molecular weight is 256 g/mol. The molecule has 1 aliphatic rings. The average Bonchev–Trinajstić information content (AvgIpc) is 2.81. The molecule has 1 fully saturated rings. The number of halogens is 3. The van der Waals surface area contributed by atoms with Crippen LogP contribution in [0.15, 0.2) is 18.2 Å².